The normalized spacial score (nSPS) is 8.26. The van der Waals surface area contributed by atoms with Crippen LogP contribution in [-0.4, -0.2) is 51.7 Å². The van der Waals surface area contributed by atoms with Crippen LogP contribution in [-0.2, 0) is 21.0 Å². The Labute approximate surface area is 163 Å². The van der Waals surface area contributed by atoms with E-state index in [1.54, 1.807) is 12.1 Å². The van der Waals surface area contributed by atoms with Gasteiger partial charge in [0.1, 0.15) is 11.5 Å². The Balaban J connectivity index is 0. The first-order valence-electron chi connectivity index (χ1n) is 5.60. The molecule has 0 heterocycles. The molecule has 2 aromatic rings. The zero-order valence-electron chi connectivity index (χ0n) is 11.0. The number of hydrogen-bond acceptors (Lipinski definition) is 7. The molecule has 7 nitrogen and oxygen atoms in total. The van der Waals surface area contributed by atoms with Gasteiger partial charge in [0.15, 0.2) is 0 Å². The second-order valence-corrected chi connectivity index (χ2v) is 3.61. The van der Waals surface area contributed by atoms with Gasteiger partial charge in [-0.25, -0.2) is 0 Å². The fourth-order valence-corrected chi connectivity index (χ4v) is 1.29. The second kappa shape index (κ2) is 12.9. The van der Waals surface area contributed by atoms with Crippen molar-refractivity contribution in [2.24, 2.45) is 0 Å². The van der Waals surface area contributed by atoms with Crippen LogP contribution in [0.4, 0.5) is 0 Å². The molecular formula is C14H11NaO7V. The first-order chi connectivity index (χ1) is 10.4. The molecule has 0 atom stereocenters. The number of aromatic carboxylic acids is 2. The third kappa shape index (κ3) is 8.54. The van der Waals surface area contributed by atoms with E-state index in [0.717, 1.165) is 17.4 Å². The first-order valence-corrected chi connectivity index (χ1v) is 6.17. The van der Waals surface area contributed by atoms with Gasteiger partial charge in [-0.3, -0.25) is 0 Å². The Morgan fingerprint density at radius 2 is 1.00 bits per heavy atom. The number of phenols is 2. The molecule has 0 bridgehead atoms. The number of carbonyl (C=O) groups excluding carboxylic acids is 2. The molecule has 0 aliphatic heterocycles. The summed E-state index contributed by atoms with van der Waals surface area (Å²) in [4.78, 5) is 20.3. The van der Waals surface area contributed by atoms with Crippen LogP contribution >= 0.6 is 0 Å². The van der Waals surface area contributed by atoms with Gasteiger partial charge in [-0.2, -0.15) is 0 Å². The van der Waals surface area contributed by atoms with E-state index in [0.29, 0.717) is 0 Å². The summed E-state index contributed by atoms with van der Waals surface area (Å²) in [6, 6.07) is 11.3. The monoisotopic (exact) mass is 365 g/mol. The van der Waals surface area contributed by atoms with Crippen LogP contribution in [0.5, 0.6) is 11.5 Å². The van der Waals surface area contributed by atoms with Crippen LogP contribution in [0.1, 0.15) is 20.7 Å². The van der Waals surface area contributed by atoms with E-state index in [1.807, 2.05) is 0 Å². The van der Waals surface area contributed by atoms with E-state index >= 15 is 0 Å². The van der Waals surface area contributed by atoms with E-state index in [1.165, 1.54) is 36.4 Å². The summed E-state index contributed by atoms with van der Waals surface area (Å²) in [7, 11) is 0. The number of hydrogen-bond donors (Lipinski definition) is 2. The minimum atomic E-state index is -1.36. The molecule has 2 rings (SSSR count). The van der Waals surface area contributed by atoms with Crippen LogP contribution in [0.2, 0.25) is 0 Å². The van der Waals surface area contributed by atoms with Gasteiger partial charge in [-0.05, 0) is 24.3 Å². The van der Waals surface area contributed by atoms with Crippen molar-refractivity contribution >= 4 is 41.5 Å². The zero-order chi connectivity index (χ0) is 17.1. The van der Waals surface area contributed by atoms with Crippen LogP contribution in [0.25, 0.3) is 0 Å². The Morgan fingerprint density at radius 3 is 1.17 bits per heavy atom. The quantitative estimate of drug-likeness (QED) is 0.634. The molecule has 0 radical (unpaired) electrons. The molecular weight excluding hydrogens is 354 g/mol. The van der Waals surface area contributed by atoms with Crippen molar-refractivity contribution in [2.75, 3.05) is 0 Å². The van der Waals surface area contributed by atoms with E-state index in [4.69, 9.17) is 13.9 Å². The van der Waals surface area contributed by atoms with Gasteiger partial charge in [0.25, 0.3) is 0 Å². The molecule has 2 N–H and O–H groups in total. The molecule has 0 spiro atoms. The fraction of sp³-hybridized carbons (Fsp3) is 0. The maximum absolute atomic E-state index is 10.2. The first kappa shape index (κ1) is 23.6. The number of aromatic hydroxyl groups is 2. The van der Waals surface area contributed by atoms with Crippen molar-refractivity contribution < 1.29 is 51.1 Å². The fourth-order valence-electron chi connectivity index (χ4n) is 1.29. The van der Waals surface area contributed by atoms with Gasteiger partial charge in [-0.15, -0.1) is 0 Å². The molecule has 23 heavy (non-hydrogen) atoms. The molecule has 0 saturated carbocycles. The molecule has 0 saturated heterocycles. The van der Waals surface area contributed by atoms with Crippen molar-refractivity contribution in [1.29, 1.82) is 0 Å². The van der Waals surface area contributed by atoms with Gasteiger partial charge in [-0.1, -0.05) is 24.3 Å². The predicted octanol–water partition coefficient (Wildman–Crippen LogP) is -1.26. The number of carboxylic acid groups (broad SMARTS) is 2. The van der Waals surface area contributed by atoms with Crippen molar-refractivity contribution in [1.82, 2.24) is 0 Å². The standard InChI is InChI=1S/2C7H6O3.Na.O.V.H/c2*8-6-4-2-1-3-5(6)7(9)10;;;;/h2*1-4,8H,(H,9,10);;;;/q;;;;+2;/p-2. The Bertz CT molecular complexity index is 593. The Kier molecular flexibility index (Phi) is 13.2. The van der Waals surface area contributed by atoms with Crippen molar-refractivity contribution in [3.8, 4) is 11.5 Å². The third-order valence-corrected chi connectivity index (χ3v) is 2.25. The van der Waals surface area contributed by atoms with E-state index < -0.39 is 11.9 Å². The molecule has 0 aliphatic rings. The van der Waals surface area contributed by atoms with Gasteiger partial charge in [0.2, 0.25) is 0 Å². The number of benzene rings is 2. The van der Waals surface area contributed by atoms with Crippen LogP contribution in [0.15, 0.2) is 48.5 Å². The van der Waals surface area contributed by atoms with Gasteiger partial charge < -0.3 is 30.0 Å². The molecule has 115 valence electrons. The van der Waals surface area contributed by atoms with Crippen LogP contribution in [0.3, 0.4) is 0 Å². The molecule has 2 aromatic carbocycles. The van der Waals surface area contributed by atoms with E-state index in [9.17, 15) is 19.8 Å². The van der Waals surface area contributed by atoms with Gasteiger partial charge >= 0.3 is 50.6 Å². The van der Waals surface area contributed by atoms with Crippen molar-refractivity contribution in [2.45, 2.75) is 0 Å². The minimum absolute atomic E-state index is 0. The number of carbonyl (C=O) groups is 2. The van der Waals surface area contributed by atoms with Crippen molar-refractivity contribution in [3.63, 3.8) is 0 Å². The van der Waals surface area contributed by atoms with Crippen molar-refractivity contribution in [3.05, 3.63) is 59.7 Å². The molecule has 0 aliphatic carbocycles. The molecule has 0 aromatic heterocycles. The summed E-state index contributed by atoms with van der Waals surface area (Å²) < 4.78 is 8.19. The number of rotatable bonds is 2. The molecule has 0 amide bonds. The Hall–Kier alpha value is -1.64. The Morgan fingerprint density at radius 1 is 0.739 bits per heavy atom. The molecule has 9 heteroatoms. The number of carboxylic acids is 2. The summed E-state index contributed by atoms with van der Waals surface area (Å²) in [6.45, 7) is 0. The predicted molar refractivity (Wildman–Crippen MR) is 72.7 cm³/mol. The summed E-state index contributed by atoms with van der Waals surface area (Å²) >= 11 is 1.06. The SMILES string of the molecule is O=C([O-])c1ccccc1O.O=C([O-])c1ccccc1O.[NaH].[O]=[V+2]. The third-order valence-electron chi connectivity index (χ3n) is 2.25. The summed E-state index contributed by atoms with van der Waals surface area (Å²) in [5, 5.41) is 38.0. The number of para-hydroxylation sites is 2. The topological polar surface area (TPSA) is 138 Å². The van der Waals surface area contributed by atoms with E-state index in [-0.39, 0.29) is 52.2 Å². The summed E-state index contributed by atoms with van der Waals surface area (Å²) in [5.41, 5.74) is -0.356. The molecule has 0 unspecified atom stereocenters. The summed E-state index contributed by atoms with van der Waals surface area (Å²) in [5.74, 6) is -3.25. The second-order valence-electron chi connectivity index (χ2n) is 3.61. The van der Waals surface area contributed by atoms with Crippen LogP contribution < -0.4 is 10.2 Å². The van der Waals surface area contributed by atoms with E-state index in [2.05, 4.69) is 0 Å². The molecule has 0 fully saturated rings. The van der Waals surface area contributed by atoms with Gasteiger partial charge in [0.05, 0.1) is 11.9 Å². The zero-order valence-corrected chi connectivity index (χ0v) is 12.4. The van der Waals surface area contributed by atoms with Crippen LogP contribution in [0, 0.1) is 0 Å². The van der Waals surface area contributed by atoms with Gasteiger partial charge in [0, 0.05) is 11.1 Å². The maximum atomic E-state index is 10.2. The summed E-state index contributed by atoms with van der Waals surface area (Å²) in [6.07, 6.45) is 0. The average Bonchev–Trinajstić information content (AvgIpc) is 2.50. The average molecular weight is 365 g/mol.